The number of aryl methyl sites for hydroxylation is 4. The Morgan fingerprint density at radius 1 is 1.19 bits per heavy atom. The van der Waals surface area contributed by atoms with Crippen LogP contribution in [0, 0.1) is 33.6 Å². The van der Waals surface area contributed by atoms with E-state index in [0.29, 0.717) is 30.8 Å². The van der Waals surface area contributed by atoms with Crippen LogP contribution in [0.2, 0.25) is 0 Å². The lowest BCUT2D eigenvalue weighted by Crippen LogP contribution is -2.44. The average molecular weight is 462 g/mol. The van der Waals surface area contributed by atoms with Crippen LogP contribution in [0.1, 0.15) is 52.6 Å². The van der Waals surface area contributed by atoms with Crippen LogP contribution < -0.4 is 5.32 Å². The Balaban J connectivity index is 1.84. The van der Waals surface area contributed by atoms with E-state index >= 15 is 0 Å². The summed E-state index contributed by atoms with van der Waals surface area (Å²) in [4.78, 5) is 28.3. The van der Waals surface area contributed by atoms with Gasteiger partial charge in [-0.2, -0.15) is 4.31 Å². The number of sulfonamides is 1. The van der Waals surface area contributed by atoms with Crippen molar-refractivity contribution in [2.45, 2.75) is 52.4 Å². The molecule has 0 saturated carbocycles. The Bertz CT molecular complexity index is 1140. The van der Waals surface area contributed by atoms with E-state index in [0.717, 1.165) is 16.8 Å². The number of anilines is 1. The lowest BCUT2D eigenvalue weighted by Gasteiger charge is -2.31. The van der Waals surface area contributed by atoms with Gasteiger partial charge in [-0.15, -0.1) is 0 Å². The number of aromatic amines is 1. The second-order valence-corrected chi connectivity index (χ2v) is 10.2. The average Bonchev–Trinajstić information content (AvgIpc) is 3.04. The van der Waals surface area contributed by atoms with Crippen LogP contribution >= 0.6 is 0 Å². The van der Waals surface area contributed by atoms with Crippen molar-refractivity contribution in [3.8, 4) is 0 Å². The molecular formula is C23H31N3O5S. The summed E-state index contributed by atoms with van der Waals surface area (Å²) in [6, 6.07) is 5.77. The third kappa shape index (κ3) is 4.73. The molecule has 2 aromatic rings. The first-order chi connectivity index (χ1) is 15.1. The summed E-state index contributed by atoms with van der Waals surface area (Å²) in [6.07, 6.45) is 1.15. The normalized spacial score (nSPS) is 17.2. The Morgan fingerprint density at radius 2 is 1.91 bits per heavy atom. The predicted molar refractivity (Wildman–Crippen MR) is 122 cm³/mol. The summed E-state index contributed by atoms with van der Waals surface area (Å²) in [5, 5.41) is 2.94. The van der Waals surface area contributed by atoms with Gasteiger partial charge in [-0.25, -0.2) is 13.2 Å². The molecule has 2 heterocycles. The number of nitrogens with one attached hydrogen (secondary N) is 2. The lowest BCUT2D eigenvalue weighted by atomic mass is 9.98. The molecule has 0 bridgehead atoms. The number of piperidine rings is 1. The number of amides is 1. The standard InChI is InChI=1S/C23H31N3O5S/c1-6-31-23(28)20-16(4)24-17(5)21(20)32(29,30)26-11-7-8-18(13-26)22(27)25-19-10-9-14(2)12-15(19)3/h9-10,12,18,24H,6-8,11,13H2,1-5H3,(H,25,27)/t18-/m0/s1. The van der Waals surface area contributed by atoms with E-state index in [1.54, 1.807) is 20.8 Å². The minimum atomic E-state index is -4.00. The third-order valence-corrected chi connectivity index (χ3v) is 7.83. The molecule has 1 aliphatic heterocycles. The number of carbonyl (C=O) groups is 2. The molecule has 32 heavy (non-hydrogen) atoms. The first-order valence-electron chi connectivity index (χ1n) is 10.8. The molecule has 1 atom stereocenters. The van der Waals surface area contributed by atoms with Crippen molar-refractivity contribution in [1.29, 1.82) is 0 Å². The molecule has 174 valence electrons. The molecule has 1 aliphatic rings. The zero-order chi connectivity index (χ0) is 23.6. The number of ether oxygens (including phenoxy) is 1. The molecule has 0 unspecified atom stereocenters. The molecule has 0 spiro atoms. The molecule has 1 aromatic carbocycles. The van der Waals surface area contributed by atoms with E-state index in [4.69, 9.17) is 4.74 Å². The molecule has 8 nitrogen and oxygen atoms in total. The zero-order valence-corrected chi connectivity index (χ0v) is 20.1. The molecule has 2 N–H and O–H groups in total. The minimum Gasteiger partial charge on any atom is -0.462 e. The van der Waals surface area contributed by atoms with Crippen LogP contribution in [0.5, 0.6) is 0 Å². The maximum Gasteiger partial charge on any atom is 0.341 e. The molecule has 1 saturated heterocycles. The molecular weight excluding hydrogens is 430 g/mol. The second kappa shape index (κ2) is 9.46. The maximum absolute atomic E-state index is 13.5. The summed E-state index contributed by atoms with van der Waals surface area (Å²) in [7, 11) is -4.00. The van der Waals surface area contributed by atoms with Gasteiger partial charge in [0, 0.05) is 30.2 Å². The van der Waals surface area contributed by atoms with Gasteiger partial charge in [-0.3, -0.25) is 4.79 Å². The summed E-state index contributed by atoms with van der Waals surface area (Å²) in [5.41, 5.74) is 3.64. The van der Waals surface area contributed by atoms with Crippen molar-refractivity contribution < 1.29 is 22.7 Å². The van der Waals surface area contributed by atoms with Gasteiger partial charge in [-0.1, -0.05) is 17.7 Å². The van der Waals surface area contributed by atoms with Gasteiger partial charge in [0.15, 0.2) is 0 Å². The first kappa shape index (κ1) is 24.0. The molecule has 3 rings (SSSR count). The molecule has 1 fully saturated rings. The topological polar surface area (TPSA) is 109 Å². The van der Waals surface area contributed by atoms with Gasteiger partial charge < -0.3 is 15.0 Å². The number of nitrogens with zero attached hydrogens (tertiary/aromatic N) is 1. The zero-order valence-electron chi connectivity index (χ0n) is 19.2. The lowest BCUT2D eigenvalue weighted by molar-refractivity contribution is -0.120. The fraction of sp³-hybridized carbons (Fsp3) is 0.478. The molecule has 0 radical (unpaired) electrons. The van der Waals surface area contributed by atoms with Gasteiger partial charge in [0.1, 0.15) is 10.5 Å². The summed E-state index contributed by atoms with van der Waals surface area (Å²) >= 11 is 0. The summed E-state index contributed by atoms with van der Waals surface area (Å²) in [5.74, 6) is -1.36. The molecule has 1 aromatic heterocycles. The van der Waals surface area contributed by atoms with Crippen molar-refractivity contribution >= 4 is 27.6 Å². The van der Waals surface area contributed by atoms with Crippen molar-refractivity contribution in [2.24, 2.45) is 5.92 Å². The highest BCUT2D eigenvalue weighted by molar-refractivity contribution is 7.89. The Hall–Kier alpha value is -2.65. The largest absolute Gasteiger partial charge is 0.462 e. The fourth-order valence-corrected chi connectivity index (χ4v) is 6.16. The smallest absolute Gasteiger partial charge is 0.341 e. The van der Waals surface area contributed by atoms with Crippen molar-refractivity contribution in [1.82, 2.24) is 9.29 Å². The van der Waals surface area contributed by atoms with Crippen LogP contribution in [-0.4, -0.2) is 49.3 Å². The van der Waals surface area contributed by atoms with Gasteiger partial charge in [-0.05, 0) is 59.1 Å². The SMILES string of the molecule is CCOC(=O)c1c(C)[nH]c(C)c1S(=O)(=O)N1CCC[C@H](C(=O)Nc2ccc(C)cc2C)C1. The highest BCUT2D eigenvalue weighted by Gasteiger charge is 2.38. The van der Waals surface area contributed by atoms with Crippen LogP contribution in [0.3, 0.4) is 0 Å². The van der Waals surface area contributed by atoms with E-state index in [9.17, 15) is 18.0 Å². The number of carbonyl (C=O) groups excluding carboxylic acids is 2. The number of aromatic nitrogens is 1. The van der Waals surface area contributed by atoms with Crippen molar-refractivity contribution in [3.63, 3.8) is 0 Å². The molecule has 1 amide bonds. The van der Waals surface area contributed by atoms with E-state index in [-0.39, 0.29) is 29.5 Å². The number of hydrogen-bond acceptors (Lipinski definition) is 5. The van der Waals surface area contributed by atoms with Crippen molar-refractivity contribution in [2.75, 3.05) is 25.0 Å². The van der Waals surface area contributed by atoms with Gasteiger partial charge >= 0.3 is 5.97 Å². The number of rotatable bonds is 6. The van der Waals surface area contributed by atoms with E-state index < -0.39 is 21.9 Å². The summed E-state index contributed by atoms with van der Waals surface area (Å²) < 4.78 is 33.5. The number of benzene rings is 1. The van der Waals surface area contributed by atoms with E-state index in [1.165, 1.54) is 4.31 Å². The number of hydrogen-bond donors (Lipinski definition) is 2. The van der Waals surface area contributed by atoms with Crippen LogP contribution in [0.4, 0.5) is 5.69 Å². The van der Waals surface area contributed by atoms with Gasteiger partial charge in [0.05, 0.1) is 12.5 Å². The fourth-order valence-electron chi connectivity index (χ4n) is 4.22. The van der Waals surface area contributed by atoms with E-state index in [1.807, 2.05) is 32.0 Å². The second-order valence-electron chi connectivity index (χ2n) is 8.31. The quantitative estimate of drug-likeness (QED) is 0.641. The van der Waals surface area contributed by atoms with Gasteiger partial charge in [0.2, 0.25) is 15.9 Å². The molecule has 0 aliphatic carbocycles. The Morgan fingerprint density at radius 3 is 2.56 bits per heavy atom. The van der Waals surface area contributed by atoms with Crippen LogP contribution in [-0.2, 0) is 19.6 Å². The Labute approximate surface area is 189 Å². The number of H-pyrrole nitrogens is 1. The first-order valence-corrected chi connectivity index (χ1v) is 12.2. The van der Waals surface area contributed by atoms with Crippen LogP contribution in [0.25, 0.3) is 0 Å². The highest BCUT2D eigenvalue weighted by atomic mass is 32.2. The highest BCUT2D eigenvalue weighted by Crippen LogP contribution is 2.31. The molecule has 9 heteroatoms. The van der Waals surface area contributed by atoms with Gasteiger partial charge in [0.25, 0.3) is 0 Å². The minimum absolute atomic E-state index is 0.0335. The Kier molecular flexibility index (Phi) is 7.09. The predicted octanol–water partition coefficient (Wildman–Crippen LogP) is 3.46. The van der Waals surface area contributed by atoms with E-state index in [2.05, 4.69) is 10.3 Å². The van der Waals surface area contributed by atoms with Crippen LogP contribution in [0.15, 0.2) is 23.1 Å². The monoisotopic (exact) mass is 461 g/mol. The third-order valence-electron chi connectivity index (χ3n) is 5.79. The summed E-state index contributed by atoms with van der Waals surface area (Å²) in [6.45, 7) is 9.35. The maximum atomic E-state index is 13.5. The van der Waals surface area contributed by atoms with Crippen molar-refractivity contribution in [3.05, 3.63) is 46.3 Å². The number of esters is 1.